The summed E-state index contributed by atoms with van der Waals surface area (Å²) in [6, 6.07) is 3.49. The van der Waals surface area contributed by atoms with Crippen LogP contribution in [0.1, 0.15) is 28.7 Å². The Hall–Kier alpha value is -0.890. The van der Waals surface area contributed by atoms with Crippen molar-refractivity contribution in [2.45, 2.75) is 19.7 Å². The fourth-order valence-electron chi connectivity index (χ4n) is 1.01. The predicted octanol–water partition coefficient (Wildman–Crippen LogP) is 2.33. The van der Waals surface area contributed by atoms with E-state index in [9.17, 15) is 4.79 Å². The molecular weight excluding hydrogens is 174 g/mol. The van der Waals surface area contributed by atoms with Gasteiger partial charge in [-0.15, -0.1) is 11.6 Å². The highest BCUT2D eigenvalue weighted by Gasteiger charge is 2.02. The Balaban J connectivity index is 3.15. The van der Waals surface area contributed by atoms with Crippen molar-refractivity contribution in [3.8, 4) is 0 Å². The number of nitrogens with zero attached hydrogens (tertiary/aromatic N) is 1. The number of hydrogen-bond acceptors (Lipinski definition) is 2. The van der Waals surface area contributed by atoms with Gasteiger partial charge in [-0.3, -0.25) is 9.78 Å². The van der Waals surface area contributed by atoms with Crippen LogP contribution in [-0.4, -0.2) is 10.8 Å². The summed E-state index contributed by atoms with van der Waals surface area (Å²) in [6.45, 7) is 3.38. The van der Waals surface area contributed by atoms with Crippen molar-refractivity contribution in [3.63, 3.8) is 0 Å². The number of ketones is 1. The number of hydrogen-bond donors (Lipinski definition) is 0. The maximum Gasteiger partial charge on any atom is 0.159 e. The lowest BCUT2D eigenvalue weighted by molar-refractivity contribution is 0.101. The Morgan fingerprint density at radius 1 is 1.58 bits per heavy atom. The first kappa shape index (κ1) is 9.20. The molecule has 2 nitrogen and oxygen atoms in total. The summed E-state index contributed by atoms with van der Waals surface area (Å²) in [6.07, 6.45) is 0. The zero-order chi connectivity index (χ0) is 9.14. The molecule has 0 aliphatic heterocycles. The van der Waals surface area contributed by atoms with Crippen LogP contribution in [0.15, 0.2) is 12.1 Å². The highest BCUT2D eigenvalue weighted by molar-refractivity contribution is 6.17. The molecule has 0 unspecified atom stereocenters. The number of rotatable bonds is 2. The highest BCUT2D eigenvalue weighted by atomic mass is 35.5. The summed E-state index contributed by atoms with van der Waals surface area (Å²) in [5.41, 5.74) is 2.26. The monoisotopic (exact) mass is 183 g/mol. The van der Waals surface area contributed by atoms with E-state index in [1.807, 2.05) is 6.92 Å². The standard InChI is InChI=1S/C9H10ClNO/c1-6-3-8(7(2)12)4-9(5-10)11-6/h3-4H,5H2,1-2H3. The van der Waals surface area contributed by atoms with Crippen LogP contribution in [-0.2, 0) is 5.88 Å². The SMILES string of the molecule is CC(=O)c1cc(C)nc(CCl)c1. The van der Waals surface area contributed by atoms with Gasteiger partial charge in [0.25, 0.3) is 0 Å². The van der Waals surface area contributed by atoms with Crippen LogP contribution in [0.25, 0.3) is 0 Å². The summed E-state index contributed by atoms with van der Waals surface area (Å²) in [7, 11) is 0. The van der Waals surface area contributed by atoms with E-state index >= 15 is 0 Å². The van der Waals surface area contributed by atoms with E-state index in [4.69, 9.17) is 11.6 Å². The number of aromatic nitrogens is 1. The molecule has 1 aromatic heterocycles. The first-order chi connectivity index (χ1) is 5.63. The molecule has 0 amide bonds. The number of carbonyl (C=O) groups is 1. The highest BCUT2D eigenvalue weighted by Crippen LogP contribution is 2.08. The minimum atomic E-state index is 0.0480. The van der Waals surface area contributed by atoms with E-state index in [1.54, 1.807) is 12.1 Å². The van der Waals surface area contributed by atoms with Crippen molar-refractivity contribution in [3.05, 3.63) is 29.1 Å². The second-order valence-electron chi connectivity index (χ2n) is 2.68. The van der Waals surface area contributed by atoms with E-state index in [1.165, 1.54) is 6.92 Å². The fourth-order valence-corrected chi connectivity index (χ4v) is 1.15. The van der Waals surface area contributed by atoms with Crippen LogP contribution < -0.4 is 0 Å². The third-order valence-corrected chi connectivity index (χ3v) is 1.82. The molecule has 0 fully saturated rings. The maximum atomic E-state index is 11.0. The second kappa shape index (κ2) is 3.68. The molecule has 0 aromatic carbocycles. The van der Waals surface area contributed by atoms with Gasteiger partial charge < -0.3 is 0 Å². The maximum absolute atomic E-state index is 11.0. The number of Topliss-reactive ketones (excluding diaryl/α,β-unsaturated/α-hetero) is 1. The molecule has 0 saturated heterocycles. The van der Waals surface area contributed by atoms with Gasteiger partial charge in [0.05, 0.1) is 11.6 Å². The van der Waals surface area contributed by atoms with Crippen molar-refractivity contribution < 1.29 is 4.79 Å². The van der Waals surface area contributed by atoms with Crippen molar-refractivity contribution in [2.24, 2.45) is 0 Å². The molecule has 0 spiro atoms. The Morgan fingerprint density at radius 2 is 2.25 bits per heavy atom. The first-order valence-electron chi connectivity index (χ1n) is 3.68. The summed E-state index contributed by atoms with van der Waals surface area (Å²) in [5, 5.41) is 0. The average molecular weight is 184 g/mol. The lowest BCUT2D eigenvalue weighted by atomic mass is 10.1. The van der Waals surface area contributed by atoms with E-state index in [-0.39, 0.29) is 5.78 Å². The zero-order valence-electron chi connectivity index (χ0n) is 7.10. The molecule has 0 saturated carbocycles. The fraction of sp³-hybridized carbons (Fsp3) is 0.333. The van der Waals surface area contributed by atoms with Gasteiger partial charge in [0.2, 0.25) is 0 Å². The third kappa shape index (κ3) is 2.05. The summed E-state index contributed by atoms with van der Waals surface area (Å²) in [5.74, 6) is 0.397. The van der Waals surface area contributed by atoms with E-state index < -0.39 is 0 Å². The summed E-state index contributed by atoms with van der Waals surface area (Å²) < 4.78 is 0. The number of aryl methyl sites for hydroxylation is 1. The van der Waals surface area contributed by atoms with Gasteiger partial charge >= 0.3 is 0 Å². The molecule has 0 radical (unpaired) electrons. The number of pyridine rings is 1. The minimum absolute atomic E-state index is 0.0480. The third-order valence-electron chi connectivity index (χ3n) is 1.55. The average Bonchev–Trinajstić information content (AvgIpc) is 2.03. The van der Waals surface area contributed by atoms with Gasteiger partial charge in [-0.2, -0.15) is 0 Å². The first-order valence-corrected chi connectivity index (χ1v) is 4.21. The van der Waals surface area contributed by atoms with Gasteiger partial charge in [0.15, 0.2) is 5.78 Å². The molecule has 0 bridgehead atoms. The molecule has 0 aliphatic rings. The van der Waals surface area contributed by atoms with Crippen molar-refractivity contribution in [1.29, 1.82) is 0 Å². The van der Waals surface area contributed by atoms with E-state index in [0.29, 0.717) is 11.4 Å². The number of alkyl halides is 1. The number of carbonyl (C=O) groups excluding carboxylic acids is 1. The molecule has 0 aliphatic carbocycles. The molecule has 12 heavy (non-hydrogen) atoms. The Kier molecular flexibility index (Phi) is 2.82. The predicted molar refractivity (Wildman–Crippen MR) is 48.5 cm³/mol. The molecule has 1 rings (SSSR count). The van der Waals surface area contributed by atoms with Gasteiger partial charge in [-0.05, 0) is 26.0 Å². The van der Waals surface area contributed by atoms with Crippen LogP contribution in [0.5, 0.6) is 0 Å². The molecule has 64 valence electrons. The summed E-state index contributed by atoms with van der Waals surface area (Å²) >= 11 is 5.60. The lowest BCUT2D eigenvalue weighted by Crippen LogP contribution is -1.97. The second-order valence-corrected chi connectivity index (χ2v) is 2.95. The Morgan fingerprint density at radius 3 is 2.75 bits per heavy atom. The van der Waals surface area contributed by atoms with Gasteiger partial charge in [0, 0.05) is 11.3 Å². The van der Waals surface area contributed by atoms with Crippen molar-refractivity contribution in [1.82, 2.24) is 4.98 Å². The molecule has 0 atom stereocenters. The smallest absolute Gasteiger partial charge is 0.159 e. The zero-order valence-corrected chi connectivity index (χ0v) is 7.85. The van der Waals surface area contributed by atoms with Crippen LogP contribution in [0.3, 0.4) is 0 Å². The molecule has 1 heterocycles. The molecular formula is C9H10ClNO. The largest absolute Gasteiger partial charge is 0.295 e. The number of halogens is 1. The minimum Gasteiger partial charge on any atom is -0.295 e. The van der Waals surface area contributed by atoms with Crippen LogP contribution in [0.2, 0.25) is 0 Å². The lowest BCUT2D eigenvalue weighted by Gasteiger charge is -2.00. The molecule has 1 aromatic rings. The van der Waals surface area contributed by atoms with E-state index in [0.717, 1.165) is 11.4 Å². The van der Waals surface area contributed by atoms with Gasteiger partial charge in [-0.25, -0.2) is 0 Å². The van der Waals surface area contributed by atoms with E-state index in [2.05, 4.69) is 4.98 Å². The Bertz CT molecular complexity index is 309. The molecule has 0 N–H and O–H groups in total. The quantitative estimate of drug-likeness (QED) is 0.521. The summed E-state index contributed by atoms with van der Waals surface area (Å²) in [4.78, 5) is 15.1. The normalized spacial score (nSPS) is 9.92. The van der Waals surface area contributed by atoms with Gasteiger partial charge in [0.1, 0.15) is 0 Å². The van der Waals surface area contributed by atoms with Gasteiger partial charge in [-0.1, -0.05) is 0 Å². The van der Waals surface area contributed by atoms with Crippen molar-refractivity contribution in [2.75, 3.05) is 0 Å². The topological polar surface area (TPSA) is 30.0 Å². The van der Waals surface area contributed by atoms with Crippen LogP contribution in [0.4, 0.5) is 0 Å². The van der Waals surface area contributed by atoms with Crippen molar-refractivity contribution >= 4 is 17.4 Å². The molecule has 3 heteroatoms. The van der Waals surface area contributed by atoms with Crippen LogP contribution >= 0.6 is 11.6 Å². The van der Waals surface area contributed by atoms with Crippen LogP contribution in [0, 0.1) is 6.92 Å². The Labute approximate surface area is 76.6 Å².